The number of carbonyl (C=O) groups excluding carboxylic acids is 1. The summed E-state index contributed by atoms with van der Waals surface area (Å²) in [7, 11) is 0. The van der Waals surface area contributed by atoms with Crippen LogP contribution in [0.5, 0.6) is 0 Å². The zero-order valence-corrected chi connectivity index (χ0v) is 18.6. The van der Waals surface area contributed by atoms with E-state index in [1.165, 1.54) is 17.1 Å². The predicted molar refractivity (Wildman–Crippen MR) is 117 cm³/mol. The van der Waals surface area contributed by atoms with Crippen LogP contribution in [-0.2, 0) is 16.0 Å². The lowest BCUT2D eigenvalue weighted by atomic mass is 9.96. The lowest BCUT2D eigenvalue weighted by Gasteiger charge is -2.46. The zero-order valence-electron chi connectivity index (χ0n) is 18.6. The number of nitriles is 1. The number of aromatic nitrogens is 5. The van der Waals surface area contributed by atoms with E-state index in [1.54, 1.807) is 25.3 Å². The molecule has 10 nitrogen and oxygen atoms in total. The molecule has 1 aromatic carbocycles. The van der Waals surface area contributed by atoms with Crippen molar-refractivity contribution in [2.45, 2.75) is 25.5 Å². The third-order valence-electron chi connectivity index (χ3n) is 6.51. The first kappa shape index (κ1) is 22.1. The number of fused-ring (bicyclic) bond motifs is 1. The molecule has 2 saturated heterocycles. The third-order valence-corrected chi connectivity index (χ3v) is 6.51. The molecule has 2 aliphatic rings. The van der Waals surface area contributed by atoms with Crippen LogP contribution in [0, 0.1) is 24.1 Å². The van der Waals surface area contributed by atoms with E-state index in [-0.39, 0.29) is 30.0 Å². The largest absolute Gasteiger partial charge is 0.370 e. The number of carbonyl (C=O) groups is 1. The molecule has 1 amide bonds. The maximum atomic E-state index is 13.9. The molecule has 2 aliphatic heterocycles. The van der Waals surface area contributed by atoms with Crippen LogP contribution in [0.1, 0.15) is 28.4 Å². The van der Waals surface area contributed by atoms with Crippen LogP contribution in [0.15, 0.2) is 36.8 Å². The fourth-order valence-corrected chi connectivity index (χ4v) is 4.63. The highest BCUT2D eigenvalue weighted by molar-refractivity contribution is 5.79. The molecule has 0 radical (unpaired) electrons. The number of nitrogens with zero attached hydrogens (tertiary/aromatic N) is 8. The summed E-state index contributed by atoms with van der Waals surface area (Å²) in [5.74, 6) is 0.0926. The molecule has 11 heteroatoms. The van der Waals surface area contributed by atoms with Gasteiger partial charge in [0.05, 0.1) is 30.7 Å². The van der Waals surface area contributed by atoms with Crippen molar-refractivity contribution < 1.29 is 13.9 Å². The second-order valence-corrected chi connectivity index (χ2v) is 8.51. The Morgan fingerprint density at radius 3 is 2.97 bits per heavy atom. The molecule has 5 rings (SSSR count). The number of pyridine rings is 1. The number of rotatable bonds is 4. The summed E-state index contributed by atoms with van der Waals surface area (Å²) in [5.41, 5.74) is 2.37. The number of halogens is 1. The highest BCUT2D eigenvalue weighted by atomic mass is 19.1. The van der Waals surface area contributed by atoms with Crippen molar-refractivity contribution in [3.05, 3.63) is 64.9 Å². The van der Waals surface area contributed by atoms with E-state index in [9.17, 15) is 14.4 Å². The first-order valence-corrected chi connectivity index (χ1v) is 11.0. The number of hydrogen-bond donors (Lipinski definition) is 0. The van der Waals surface area contributed by atoms with Crippen molar-refractivity contribution >= 4 is 5.91 Å². The first-order valence-electron chi connectivity index (χ1n) is 11.0. The van der Waals surface area contributed by atoms with Gasteiger partial charge in [0.2, 0.25) is 5.91 Å². The summed E-state index contributed by atoms with van der Waals surface area (Å²) < 4.78 is 21.5. The molecule has 2 atom stereocenters. The number of morpholine rings is 1. The minimum atomic E-state index is -0.510. The van der Waals surface area contributed by atoms with Gasteiger partial charge in [0.1, 0.15) is 18.2 Å². The molecular weight excluding hydrogens is 439 g/mol. The van der Waals surface area contributed by atoms with Gasteiger partial charge in [-0.2, -0.15) is 9.94 Å². The van der Waals surface area contributed by atoms with Crippen molar-refractivity contribution in [3.8, 4) is 11.9 Å². The summed E-state index contributed by atoms with van der Waals surface area (Å²) >= 11 is 0. The van der Waals surface area contributed by atoms with E-state index >= 15 is 0 Å². The summed E-state index contributed by atoms with van der Waals surface area (Å²) in [6.45, 7) is 4.80. The standard InChI is InChI=1S/C23H23FN8O2/c1-15-18(2-3-20(24)19(15)10-25)21-12-30-6-7-31(11-17(30)13-34-21)23(33)9-16-4-5-26-22(8-16)32-14-27-28-29-32/h2-5,8,14,17,21H,6-7,9,11-13H2,1H3/t17-,21+/m0/s1. The highest BCUT2D eigenvalue weighted by Gasteiger charge is 2.36. The summed E-state index contributed by atoms with van der Waals surface area (Å²) in [4.78, 5) is 21.4. The lowest BCUT2D eigenvalue weighted by Crippen LogP contribution is -2.59. The summed E-state index contributed by atoms with van der Waals surface area (Å²) in [6.07, 6.45) is 3.13. The molecule has 4 heterocycles. The van der Waals surface area contributed by atoms with Gasteiger partial charge in [0.25, 0.3) is 0 Å². The van der Waals surface area contributed by atoms with Crippen LogP contribution in [0.3, 0.4) is 0 Å². The maximum Gasteiger partial charge on any atom is 0.227 e. The number of ether oxygens (including phenoxy) is 1. The maximum absolute atomic E-state index is 13.9. The van der Waals surface area contributed by atoms with Crippen molar-refractivity contribution in [1.82, 2.24) is 35.0 Å². The van der Waals surface area contributed by atoms with Gasteiger partial charge >= 0.3 is 0 Å². The molecule has 0 bridgehead atoms. The number of piperazine rings is 1. The van der Waals surface area contributed by atoms with E-state index < -0.39 is 5.82 Å². The van der Waals surface area contributed by atoms with E-state index in [0.29, 0.717) is 37.6 Å². The van der Waals surface area contributed by atoms with E-state index in [2.05, 4.69) is 25.4 Å². The van der Waals surface area contributed by atoms with Crippen molar-refractivity contribution in [2.24, 2.45) is 0 Å². The Bertz CT molecular complexity index is 1240. The molecule has 0 N–H and O–H groups in total. The van der Waals surface area contributed by atoms with Crippen LogP contribution in [-0.4, -0.2) is 79.7 Å². The molecule has 0 unspecified atom stereocenters. The molecule has 0 spiro atoms. The fraction of sp³-hybridized carbons (Fsp3) is 0.391. The van der Waals surface area contributed by atoms with Gasteiger partial charge in [-0.05, 0) is 52.2 Å². The van der Waals surface area contributed by atoms with Crippen molar-refractivity contribution in [2.75, 3.05) is 32.8 Å². The van der Waals surface area contributed by atoms with Crippen LogP contribution in [0.4, 0.5) is 4.39 Å². The Labute approximate surface area is 195 Å². The van der Waals surface area contributed by atoms with Gasteiger partial charge < -0.3 is 9.64 Å². The summed E-state index contributed by atoms with van der Waals surface area (Å²) in [6, 6.07) is 8.70. The van der Waals surface area contributed by atoms with Gasteiger partial charge in [-0.25, -0.2) is 9.37 Å². The second kappa shape index (κ2) is 9.24. The van der Waals surface area contributed by atoms with Crippen LogP contribution in [0.25, 0.3) is 5.82 Å². The third kappa shape index (κ3) is 4.25. The van der Waals surface area contributed by atoms with E-state index in [1.807, 2.05) is 17.0 Å². The topological polar surface area (TPSA) is 113 Å². The molecule has 3 aromatic rings. The van der Waals surface area contributed by atoms with Gasteiger partial charge in [-0.3, -0.25) is 9.69 Å². The van der Waals surface area contributed by atoms with Gasteiger partial charge in [0, 0.05) is 32.4 Å². The average molecular weight is 462 g/mol. The van der Waals surface area contributed by atoms with Crippen molar-refractivity contribution in [1.29, 1.82) is 5.26 Å². The van der Waals surface area contributed by atoms with E-state index in [4.69, 9.17) is 4.74 Å². The SMILES string of the molecule is Cc1c([C@H]2CN3CCN(C(=O)Cc4ccnc(-n5cnnn5)c4)C[C@H]3CO2)ccc(F)c1C#N. The molecular formula is C23H23FN8O2. The quantitative estimate of drug-likeness (QED) is 0.569. The number of benzene rings is 1. The molecule has 0 saturated carbocycles. The normalized spacial score (nSPS) is 20.6. The number of hydrogen-bond acceptors (Lipinski definition) is 8. The smallest absolute Gasteiger partial charge is 0.227 e. The van der Waals surface area contributed by atoms with Gasteiger partial charge in [-0.15, -0.1) is 5.10 Å². The average Bonchev–Trinajstić information content (AvgIpc) is 3.39. The molecule has 174 valence electrons. The van der Waals surface area contributed by atoms with E-state index in [0.717, 1.165) is 17.7 Å². The molecule has 2 fully saturated rings. The highest BCUT2D eigenvalue weighted by Crippen LogP contribution is 2.31. The number of tetrazole rings is 1. The van der Waals surface area contributed by atoms with Gasteiger partial charge in [0.15, 0.2) is 5.82 Å². The Balaban J connectivity index is 1.22. The molecule has 2 aromatic heterocycles. The fourth-order valence-electron chi connectivity index (χ4n) is 4.63. The summed E-state index contributed by atoms with van der Waals surface area (Å²) in [5, 5.41) is 20.3. The zero-order chi connectivity index (χ0) is 23.7. The first-order chi connectivity index (χ1) is 16.5. The Kier molecular flexibility index (Phi) is 6.00. The van der Waals surface area contributed by atoms with Crippen LogP contribution >= 0.6 is 0 Å². The number of amides is 1. The predicted octanol–water partition coefficient (Wildman–Crippen LogP) is 1.20. The van der Waals surface area contributed by atoms with Crippen LogP contribution in [0.2, 0.25) is 0 Å². The molecule has 34 heavy (non-hydrogen) atoms. The second-order valence-electron chi connectivity index (χ2n) is 8.51. The lowest BCUT2D eigenvalue weighted by molar-refractivity contribution is -0.139. The minimum absolute atomic E-state index is 0.0451. The minimum Gasteiger partial charge on any atom is -0.370 e. The van der Waals surface area contributed by atoms with Crippen molar-refractivity contribution in [3.63, 3.8) is 0 Å². The molecule has 0 aliphatic carbocycles. The Morgan fingerprint density at radius 2 is 2.18 bits per heavy atom. The van der Waals surface area contributed by atoms with Crippen LogP contribution < -0.4 is 0 Å². The monoisotopic (exact) mass is 462 g/mol. The Morgan fingerprint density at radius 1 is 1.29 bits per heavy atom. The van der Waals surface area contributed by atoms with Gasteiger partial charge in [-0.1, -0.05) is 6.07 Å². The Hall–Kier alpha value is -3.75.